The van der Waals surface area contributed by atoms with Gasteiger partial charge in [0, 0.05) is 11.6 Å². The lowest BCUT2D eigenvalue weighted by molar-refractivity contribution is -0.769. The Hall–Kier alpha value is -2.59. The van der Waals surface area contributed by atoms with Crippen LogP contribution in [0.1, 0.15) is 11.5 Å². The first-order valence-corrected chi connectivity index (χ1v) is 10.2. The number of para-hydroxylation sites is 2. The largest absolute Gasteiger partial charge is 0.481 e. The van der Waals surface area contributed by atoms with Crippen molar-refractivity contribution in [1.29, 1.82) is 0 Å². The highest BCUT2D eigenvalue weighted by Gasteiger charge is 2.53. The van der Waals surface area contributed by atoms with E-state index in [1.54, 1.807) is 42.5 Å². The number of halogens is 2. The van der Waals surface area contributed by atoms with E-state index in [-0.39, 0.29) is 13.2 Å². The van der Waals surface area contributed by atoms with Gasteiger partial charge in [-0.25, -0.2) is 0 Å². The summed E-state index contributed by atoms with van der Waals surface area (Å²) < 4.78 is 11.3. The Bertz CT molecular complexity index is 985. The number of rotatable bonds is 7. The first-order chi connectivity index (χ1) is 14.9. The first kappa shape index (κ1) is 21.6. The van der Waals surface area contributed by atoms with Crippen molar-refractivity contribution in [3.05, 3.63) is 68.2 Å². The van der Waals surface area contributed by atoms with Crippen molar-refractivity contribution in [3.8, 4) is 0 Å². The molecule has 2 heterocycles. The molecule has 11 heteroatoms. The number of anilines is 2. The van der Waals surface area contributed by atoms with Crippen LogP contribution < -0.4 is 5.32 Å². The Morgan fingerprint density at radius 3 is 2.48 bits per heavy atom. The van der Waals surface area contributed by atoms with Gasteiger partial charge in [-0.05, 0) is 23.8 Å². The monoisotopic (exact) mass is 468 g/mol. The molecule has 0 bridgehead atoms. The van der Waals surface area contributed by atoms with Crippen LogP contribution >= 0.6 is 23.2 Å². The zero-order valence-corrected chi connectivity index (χ0v) is 17.5. The molecule has 2 fully saturated rings. The third-order valence-corrected chi connectivity index (χ3v) is 6.11. The second-order valence-corrected chi connectivity index (χ2v) is 8.07. The van der Waals surface area contributed by atoms with E-state index in [4.69, 9.17) is 32.7 Å². The van der Waals surface area contributed by atoms with Crippen molar-refractivity contribution < 1.29 is 29.3 Å². The average Bonchev–Trinajstić information content (AvgIpc) is 3.29. The van der Waals surface area contributed by atoms with Gasteiger partial charge < -0.3 is 24.7 Å². The predicted molar refractivity (Wildman–Crippen MR) is 111 cm³/mol. The van der Waals surface area contributed by atoms with Crippen LogP contribution in [0.2, 0.25) is 10.0 Å². The lowest BCUT2D eigenvalue weighted by atomic mass is 9.82. The molecule has 0 radical (unpaired) electrons. The zero-order chi connectivity index (χ0) is 22.1. The maximum Gasteiger partial charge on any atom is 0.311 e. The van der Waals surface area contributed by atoms with Crippen molar-refractivity contribution in [2.45, 2.75) is 24.2 Å². The topological polar surface area (TPSA) is 120 Å². The molecule has 9 nitrogen and oxygen atoms in total. The van der Waals surface area contributed by atoms with Gasteiger partial charge in [0.25, 0.3) is 5.09 Å². The maximum atomic E-state index is 12.3. The summed E-state index contributed by atoms with van der Waals surface area (Å²) in [6.45, 7) is 0.0132. The summed E-state index contributed by atoms with van der Waals surface area (Å²) >= 11 is 12.5. The van der Waals surface area contributed by atoms with E-state index in [1.807, 2.05) is 0 Å². The molecule has 4 rings (SSSR count). The fraction of sp³-hybridized carbons (Fsp3) is 0.350. The van der Waals surface area contributed by atoms with E-state index in [1.165, 1.54) is 0 Å². The molecule has 5 atom stereocenters. The van der Waals surface area contributed by atoms with Gasteiger partial charge in [-0.2, -0.15) is 0 Å². The van der Waals surface area contributed by atoms with Crippen molar-refractivity contribution in [3.63, 3.8) is 0 Å². The standard InChI is InChI=1S/C20H18Cl2N2O7/c21-12-5-3-6-13(22)17(12)23-14-7-2-1-4-10(14)16(20(25)26)11-8-29-19-15(31-24(27)28)9-30-18(11)19/h1-7,11,15-16,18-19,23H,8-9H2,(H,25,26)/t11?,15-,16-,18+,19-/m1/s1. The number of nitrogens with one attached hydrogen (secondary N) is 1. The fourth-order valence-electron chi connectivity index (χ4n) is 4.16. The Kier molecular flexibility index (Phi) is 6.19. The number of nitrogens with zero attached hydrogens (tertiary/aromatic N) is 1. The Morgan fingerprint density at radius 2 is 1.81 bits per heavy atom. The van der Waals surface area contributed by atoms with Crippen LogP contribution in [0.4, 0.5) is 11.4 Å². The number of fused-ring (bicyclic) bond motifs is 1. The van der Waals surface area contributed by atoms with Gasteiger partial charge in [-0.1, -0.05) is 47.5 Å². The number of hydrogen-bond donors (Lipinski definition) is 2. The minimum atomic E-state index is -1.07. The summed E-state index contributed by atoms with van der Waals surface area (Å²) in [6, 6.07) is 12.0. The Morgan fingerprint density at radius 1 is 1.13 bits per heavy atom. The lowest BCUT2D eigenvalue weighted by Crippen LogP contribution is -2.35. The third-order valence-electron chi connectivity index (χ3n) is 5.48. The summed E-state index contributed by atoms with van der Waals surface area (Å²) in [4.78, 5) is 27.7. The van der Waals surface area contributed by atoms with Crippen LogP contribution in [0.25, 0.3) is 0 Å². The average molecular weight is 469 g/mol. The highest BCUT2D eigenvalue weighted by atomic mass is 35.5. The van der Waals surface area contributed by atoms with E-state index < -0.39 is 41.2 Å². The molecule has 0 spiro atoms. The van der Waals surface area contributed by atoms with Crippen LogP contribution in [-0.4, -0.2) is 47.7 Å². The predicted octanol–water partition coefficient (Wildman–Crippen LogP) is 3.90. The SMILES string of the molecule is O=C(O)[C@H](c1ccccc1Nc1c(Cl)cccc1Cl)C1CO[C@@H]2[C@H](O[N+](=O)[O-])CO[C@@H]12. The van der Waals surface area contributed by atoms with Crippen molar-refractivity contribution in [1.82, 2.24) is 0 Å². The molecule has 164 valence electrons. The number of benzene rings is 2. The second kappa shape index (κ2) is 8.88. The van der Waals surface area contributed by atoms with E-state index >= 15 is 0 Å². The van der Waals surface area contributed by atoms with E-state index in [0.717, 1.165) is 0 Å². The van der Waals surface area contributed by atoms with Gasteiger partial charge in [0.15, 0.2) is 6.10 Å². The molecular weight excluding hydrogens is 451 g/mol. The molecule has 2 N–H and O–H groups in total. The molecule has 2 aromatic carbocycles. The minimum absolute atomic E-state index is 0.0473. The van der Waals surface area contributed by atoms with Gasteiger partial charge in [0.05, 0.1) is 41.0 Å². The van der Waals surface area contributed by atoms with Crippen LogP contribution in [0, 0.1) is 16.0 Å². The van der Waals surface area contributed by atoms with Crippen molar-refractivity contribution in [2.24, 2.45) is 5.92 Å². The van der Waals surface area contributed by atoms with E-state index in [0.29, 0.717) is 27.0 Å². The van der Waals surface area contributed by atoms with Crippen molar-refractivity contribution in [2.75, 3.05) is 18.5 Å². The number of carbonyl (C=O) groups is 1. The molecule has 1 unspecified atom stereocenters. The van der Waals surface area contributed by atoms with Gasteiger partial charge >= 0.3 is 5.97 Å². The Balaban J connectivity index is 1.65. The van der Waals surface area contributed by atoms with Crippen LogP contribution in [-0.2, 0) is 19.1 Å². The third kappa shape index (κ3) is 4.27. The van der Waals surface area contributed by atoms with Crippen LogP contribution in [0.3, 0.4) is 0 Å². The number of carboxylic acids is 1. The highest BCUT2D eigenvalue weighted by molar-refractivity contribution is 6.39. The molecule has 2 aliphatic rings. The van der Waals surface area contributed by atoms with E-state index in [9.17, 15) is 20.0 Å². The first-order valence-electron chi connectivity index (χ1n) is 9.44. The zero-order valence-electron chi connectivity index (χ0n) is 15.9. The molecule has 31 heavy (non-hydrogen) atoms. The summed E-state index contributed by atoms with van der Waals surface area (Å²) in [5.41, 5.74) is 1.46. The summed E-state index contributed by atoms with van der Waals surface area (Å²) in [5, 5.41) is 23.8. The Labute approximate surface area is 186 Å². The summed E-state index contributed by atoms with van der Waals surface area (Å²) in [5.74, 6) is -2.65. The van der Waals surface area contributed by atoms with Gasteiger partial charge in [-0.15, -0.1) is 10.1 Å². The summed E-state index contributed by atoms with van der Waals surface area (Å²) in [7, 11) is 0. The molecule has 0 saturated carbocycles. The lowest BCUT2D eigenvalue weighted by Gasteiger charge is -2.25. The number of ether oxygens (including phenoxy) is 2. The second-order valence-electron chi connectivity index (χ2n) is 7.25. The quantitative estimate of drug-likeness (QED) is 0.463. The number of aliphatic carboxylic acids is 1. The van der Waals surface area contributed by atoms with Crippen LogP contribution in [0.5, 0.6) is 0 Å². The molecule has 2 aromatic rings. The molecular formula is C20H18Cl2N2O7. The van der Waals surface area contributed by atoms with Gasteiger partial charge in [0.1, 0.15) is 6.10 Å². The highest BCUT2D eigenvalue weighted by Crippen LogP contribution is 2.43. The maximum absolute atomic E-state index is 12.3. The number of carboxylic acid groups (broad SMARTS) is 1. The normalized spacial score (nSPS) is 25.6. The molecule has 2 saturated heterocycles. The van der Waals surface area contributed by atoms with Crippen molar-refractivity contribution >= 4 is 40.5 Å². The molecule has 0 aliphatic carbocycles. The minimum Gasteiger partial charge on any atom is -0.481 e. The van der Waals surface area contributed by atoms with Gasteiger partial charge in [0.2, 0.25) is 0 Å². The number of hydrogen-bond acceptors (Lipinski definition) is 7. The molecule has 0 amide bonds. The summed E-state index contributed by atoms with van der Waals surface area (Å²) in [6.07, 6.45) is -2.26. The smallest absolute Gasteiger partial charge is 0.311 e. The molecule has 2 aliphatic heterocycles. The van der Waals surface area contributed by atoms with Crippen LogP contribution in [0.15, 0.2) is 42.5 Å². The van der Waals surface area contributed by atoms with E-state index in [2.05, 4.69) is 10.2 Å². The van der Waals surface area contributed by atoms with Gasteiger partial charge in [-0.3, -0.25) is 4.79 Å². The fourth-order valence-corrected chi connectivity index (χ4v) is 4.65. The molecule has 0 aromatic heterocycles.